The van der Waals surface area contributed by atoms with Gasteiger partial charge in [0.15, 0.2) is 0 Å². The summed E-state index contributed by atoms with van der Waals surface area (Å²) in [6.07, 6.45) is 10.4. The molecule has 1 unspecified atom stereocenters. The van der Waals surface area contributed by atoms with Crippen LogP contribution in [0.25, 0.3) is 0 Å². The lowest BCUT2D eigenvalue weighted by Crippen LogP contribution is -2.49. The van der Waals surface area contributed by atoms with Gasteiger partial charge in [0.05, 0.1) is 0 Å². The van der Waals surface area contributed by atoms with Crippen LogP contribution >= 0.6 is 0 Å². The highest BCUT2D eigenvalue weighted by Gasteiger charge is 2.27. The van der Waals surface area contributed by atoms with E-state index in [1.54, 1.807) is 0 Å². The first-order chi connectivity index (χ1) is 15.4. The van der Waals surface area contributed by atoms with Crippen molar-refractivity contribution in [2.45, 2.75) is 87.7 Å². The zero-order chi connectivity index (χ0) is 25.2. The maximum Gasteiger partial charge on any atom is 0.410 e. The monoisotopic (exact) mass is 457 g/mol. The average Bonchev–Trinajstić information content (AvgIpc) is 2.75. The van der Waals surface area contributed by atoms with E-state index in [0.29, 0.717) is 19.0 Å². The van der Waals surface area contributed by atoms with Crippen molar-refractivity contribution in [2.24, 2.45) is 10.9 Å². The number of hydrogen-bond acceptors (Lipinski definition) is 4. The zero-order valence-electron chi connectivity index (χ0n) is 22.8. The number of aliphatic imine (C=N–C) groups is 1. The topological polar surface area (TPSA) is 45.1 Å². The van der Waals surface area contributed by atoms with Crippen LogP contribution in [0.5, 0.6) is 0 Å². The van der Waals surface area contributed by atoms with Gasteiger partial charge in [-0.05, 0) is 72.0 Å². The number of allylic oxidation sites excluding steroid dienone is 7. The van der Waals surface area contributed by atoms with Crippen molar-refractivity contribution < 1.29 is 9.53 Å². The van der Waals surface area contributed by atoms with E-state index in [9.17, 15) is 4.79 Å². The number of ether oxygens (including phenoxy) is 1. The molecule has 1 aliphatic heterocycles. The van der Waals surface area contributed by atoms with Crippen LogP contribution in [0.1, 0.15) is 82.1 Å². The molecular weight excluding hydrogens is 410 g/mol. The lowest BCUT2D eigenvalue weighted by molar-refractivity contribution is 0.0168. The van der Waals surface area contributed by atoms with Gasteiger partial charge < -0.3 is 14.5 Å². The van der Waals surface area contributed by atoms with Crippen molar-refractivity contribution in [1.82, 2.24) is 9.80 Å². The minimum absolute atomic E-state index is 0.229. The number of carbonyl (C=O) groups excluding carboxylic acids is 1. The van der Waals surface area contributed by atoms with Gasteiger partial charge in [0, 0.05) is 49.4 Å². The quantitative estimate of drug-likeness (QED) is 0.287. The predicted octanol–water partition coefficient (Wildman–Crippen LogP) is 7.14. The molecule has 0 aromatic rings. The summed E-state index contributed by atoms with van der Waals surface area (Å²) in [5.41, 5.74) is 5.43. The lowest BCUT2D eigenvalue weighted by atomic mass is 9.91. The second-order valence-corrected chi connectivity index (χ2v) is 9.86. The largest absolute Gasteiger partial charge is 0.444 e. The van der Waals surface area contributed by atoms with E-state index in [1.807, 2.05) is 31.9 Å². The van der Waals surface area contributed by atoms with Crippen LogP contribution in [0.2, 0.25) is 0 Å². The molecule has 0 aliphatic carbocycles. The van der Waals surface area contributed by atoms with Gasteiger partial charge in [0.2, 0.25) is 0 Å². The average molecular weight is 458 g/mol. The fourth-order valence-corrected chi connectivity index (χ4v) is 3.90. The highest BCUT2D eigenvalue weighted by atomic mass is 16.6. The molecule has 186 valence electrons. The van der Waals surface area contributed by atoms with E-state index >= 15 is 0 Å². The Morgan fingerprint density at radius 3 is 2.12 bits per heavy atom. The van der Waals surface area contributed by atoms with Crippen LogP contribution in [0, 0.1) is 5.92 Å². The first kappa shape index (κ1) is 28.7. The molecule has 0 aromatic heterocycles. The summed E-state index contributed by atoms with van der Waals surface area (Å²) in [6.45, 7) is 23.7. The third kappa shape index (κ3) is 9.23. The Bertz CT molecular complexity index is 801. The van der Waals surface area contributed by atoms with Gasteiger partial charge in [-0.1, -0.05) is 45.4 Å². The molecule has 1 atom stereocenters. The maximum absolute atomic E-state index is 12.5. The Morgan fingerprint density at radius 1 is 1.06 bits per heavy atom. The summed E-state index contributed by atoms with van der Waals surface area (Å²) in [4.78, 5) is 21.4. The Labute approximate surface area is 203 Å². The molecule has 0 N–H and O–H groups in total. The van der Waals surface area contributed by atoms with Crippen LogP contribution in [0.4, 0.5) is 4.79 Å². The molecule has 0 aromatic carbocycles. The van der Waals surface area contributed by atoms with Gasteiger partial charge in [-0.15, -0.1) is 0 Å². The molecule has 1 aliphatic rings. The molecule has 0 radical (unpaired) electrons. The molecule has 5 nitrogen and oxygen atoms in total. The van der Waals surface area contributed by atoms with E-state index in [1.165, 1.54) is 22.4 Å². The van der Waals surface area contributed by atoms with Gasteiger partial charge in [-0.25, -0.2) is 4.79 Å². The molecule has 1 fully saturated rings. The van der Waals surface area contributed by atoms with E-state index in [4.69, 9.17) is 9.73 Å². The van der Waals surface area contributed by atoms with Gasteiger partial charge in [-0.2, -0.15) is 0 Å². The second kappa shape index (κ2) is 13.4. The summed E-state index contributed by atoms with van der Waals surface area (Å²) in [6, 6.07) is 0. The van der Waals surface area contributed by atoms with Crippen molar-refractivity contribution in [3.63, 3.8) is 0 Å². The van der Waals surface area contributed by atoms with Crippen molar-refractivity contribution in [3.05, 3.63) is 46.8 Å². The lowest BCUT2D eigenvalue weighted by Gasteiger charge is -2.38. The second-order valence-electron chi connectivity index (χ2n) is 9.86. The molecule has 0 saturated carbocycles. The van der Waals surface area contributed by atoms with Crippen molar-refractivity contribution in [3.8, 4) is 0 Å². The van der Waals surface area contributed by atoms with Crippen LogP contribution < -0.4 is 0 Å². The third-order valence-corrected chi connectivity index (χ3v) is 5.90. The summed E-state index contributed by atoms with van der Waals surface area (Å²) < 4.78 is 5.56. The number of carbonyl (C=O) groups is 1. The fourth-order valence-electron chi connectivity index (χ4n) is 3.90. The van der Waals surface area contributed by atoms with Gasteiger partial charge in [0.25, 0.3) is 0 Å². The van der Waals surface area contributed by atoms with Crippen molar-refractivity contribution in [1.29, 1.82) is 0 Å². The third-order valence-electron chi connectivity index (χ3n) is 5.90. The van der Waals surface area contributed by atoms with E-state index in [0.717, 1.165) is 31.6 Å². The molecular formula is C28H47N3O2. The molecule has 5 heteroatoms. The van der Waals surface area contributed by atoms with Crippen LogP contribution in [-0.2, 0) is 4.74 Å². The maximum atomic E-state index is 12.5. The van der Waals surface area contributed by atoms with E-state index in [-0.39, 0.29) is 6.09 Å². The summed E-state index contributed by atoms with van der Waals surface area (Å²) >= 11 is 0. The standard InChI is InChI=1S/C28H47N3O2/c1-11-14-15-29-23(6)26(25(13-3)22(5)20-21(4)12-2)24(7)30-16-18-31(19-17-30)27(32)33-28(8,9)10/h13-15,20-21H,11-12,16-19H2,1-10H3/b15-14+,22-20+,25-13-,26-24-,29-23+. The van der Waals surface area contributed by atoms with Crippen LogP contribution in [0.15, 0.2) is 51.8 Å². The summed E-state index contributed by atoms with van der Waals surface area (Å²) in [5, 5.41) is 0. The minimum atomic E-state index is -0.475. The fraction of sp³-hybridized carbons (Fsp3) is 0.643. The Hall–Kier alpha value is -2.30. The van der Waals surface area contributed by atoms with Gasteiger partial charge >= 0.3 is 6.09 Å². The smallest absolute Gasteiger partial charge is 0.410 e. The SMILES string of the molecule is C/C=C(C(/C)=C/C(C)CC)\C(C(\C)=N\C=C\CC)=C(\C)N1CCN(C(=O)OC(C)(C)C)CC1. The molecule has 33 heavy (non-hydrogen) atoms. The van der Waals surface area contributed by atoms with Crippen LogP contribution in [0.3, 0.4) is 0 Å². The van der Waals surface area contributed by atoms with Gasteiger partial charge in [-0.3, -0.25) is 4.99 Å². The van der Waals surface area contributed by atoms with Crippen molar-refractivity contribution in [2.75, 3.05) is 26.2 Å². The Morgan fingerprint density at radius 2 is 1.64 bits per heavy atom. The van der Waals surface area contributed by atoms with E-state index < -0.39 is 5.60 Å². The summed E-state index contributed by atoms with van der Waals surface area (Å²) in [7, 11) is 0. The summed E-state index contributed by atoms with van der Waals surface area (Å²) in [5.74, 6) is 0.524. The predicted molar refractivity (Wildman–Crippen MR) is 142 cm³/mol. The van der Waals surface area contributed by atoms with Crippen molar-refractivity contribution >= 4 is 11.8 Å². The normalized spacial score (nSPS) is 18.5. The van der Waals surface area contributed by atoms with Crippen LogP contribution in [-0.4, -0.2) is 53.4 Å². The molecule has 1 rings (SSSR count). The zero-order valence-corrected chi connectivity index (χ0v) is 22.8. The minimum Gasteiger partial charge on any atom is -0.444 e. The molecule has 0 bridgehead atoms. The van der Waals surface area contributed by atoms with Gasteiger partial charge in [0.1, 0.15) is 5.60 Å². The number of nitrogens with zero attached hydrogens (tertiary/aromatic N) is 3. The Balaban J connectivity index is 3.28. The number of amides is 1. The molecule has 1 heterocycles. The molecule has 1 amide bonds. The number of hydrogen-bond donors (Lipinski definition) is 0. The number of rotatable bonds is 8. The highest BCUT2D eigenvalue weighted by molar-refractivity contribution is 6.04. The molecule has 1 saturated heterocycles. The van der Waals surface area contributed by atoms with E-state index in [2.05, 4.69) is 71.6 Å². The highest BCUT2D eigenvalue weighted by Crippen LogP contribution is 2.28. The molecule has 0 spiro atoms. The number of piperazine rings is 1. The Kier molecular flexibility index (Phi) is 11.7. The first-order valence-corrected chi connectivity index (χ1v) is 12.4. The first-order valence-electron chi connectivity index (χ1n) is 12.4.